The first kappa shape index (κ1) is 8.74. The second-order valence-corrected chi connectivity index (χ2v) is 4.25. The van der Waals surface area contributed by atoms with E-state index in [1.807, 2.05) is 6.07 Å². The molecule has 0 aliphatic heterocycles. The Hall–Kier alpha value is 0.647. The third-order valence-corrected chi connectivity index (χ3v) is 3.35. The SMILES string of the molecule is [Si]Cc1c(Br)cccc1I. The molecule has 0 aromatic heterocycles. The first-order chi connectivity index (χ1) is 4.75. The fraction of sp³-hybridized carbons (Fsp3) is 0.143. The molecule has 0 saturated heterocycles. The van der Waals surface area contributed by atoms with Crippen LogP contribution < -0.4 is 0 Å². The summed E-state index contributed by atoms with van der Waals surface area (Å²) >= 11 is 5.80. The molecule has 0 bridgehead atoms. The van der Waals surface area contributed by atoms with Crippen LogP contribution in [-0.4, -0.2) is 10.2 Å². The molecule has 1 aromatic rings. The van der Waals surface area contributed by atoms with Gasteiger partial charge in [-0.05, 0) is 46.3 Å². The van der Waals surface area contributed by atoms with Crippen molar-refractivity contribution >= 4 is 48.8 Å². The highest BCUT2D eigenvalue weighted by atomic mass is 127. The number of rotatable bonds is 1. The lowest BCUT2D eigenvalue weighted by Gasteiger charge is -2.01. The van der Waals surface area contributed by atoms with Gasteiger partial charge in [-0.1, -0.05) is 22.0 Å². The monoisotopic (exact) mass is 323 g/mol. The number of hydrogen-bond acceptors (Lipinski definition) is 0. The van der Waals surface area contributed by atoms with Crippen molar-refractivity contribution in [1.29, 1.82) is 0 Å². The molecule has 51 valence electrons. The summed E-state index contributed by atoms with van der Waals surface area (Å²) in [5.74, 6) is 0. The van der Waals surface area contributed by atoms with Gasteiger partial charge in [0, 0.05) is 18.3 Å². The first-order valence-corrected chi connectivity index (χ1v) is 5.41. The van der Waals surface area contributed by atoms with Gasteiger partial charge in [-0.15, -0.1) is 0 Å². The van der Waals surface area contributed by atoms with Crippen LogP contribution in [0.5, 0.6) is 0 Å². The molecular weight excluding hydrogens is 319 g/mol. The molecule has 0 nitrogen and oxygen atoms in total. The minimum absolute atomic E-state index is 0.902. The maximum atomic E-state index is 3.47. The van der Waals surface area contributed by atoms with E-state index in [0.717, 1.165) is 6.04 Å². The van der Waals surface area contributed by atoms with E-state index >= 15 is 0 Å². The van der Waals surface area contributed by atoms with Crippen molar-refractivity contribution in [1.82, 2.24) is 0 Å². The number of benzene rings is 1. The van der Waals surface area contributed by atoms with Crippen LogP contribution in [0.15, 0.2) is 22.7 Å². The minimum Gasteiger partial charge on any atom is -0.0601 e. The van der Waals surface area contributed by atoms with E-state index in [2.05, 4.69) is 60.9 Å². The summed E-state index contributed by atoms with van der Waals surface area (Å²) in [5, 5.41) is 0. The maximum absolute atomic E-state index is 3.47. The van der Waals surface area contributed by atoms with Crippen LogP contribution in [0.2, 0.25) is 0 Å². The lowest BCUT2D eigenvalue weighted by molar-refractivity contribution is 1.33. The number of halogens is 2. The Labute approximate surface area is 86.1 Å². The van der Waals surface area contributed by atoms with Crippen molar-refractivity contribution in [3.8, 4) is 0 Å². The number of hydrogen-bond donors (Lipinski definition) is 0. The molecule has 0 aliphatic rings. The summed E-state index contributed by atoms with van der Waals surface area (Å²) in [7, 11) is 3.47. The van der Waals surface area contributed by atoms with Gasteiger partial charge in [-0.25, -0.2) is 0 Å². The highest BCUT2D eigenvalue weighted by molar-refractivity contribution is 14.1. The summed E-state index contributed by atoms with van der Waals surface area (Å²) in [4.78, 5) is 0. The third-order valence-electron chi connectivity index (χ3n) is 1.24. The Bertz CT molecular complexity index is 217. The van der Waals surface area contributed by atoms with E-state index < -0.39 is 0 Å². The van der Waals surface area contributed by atoms with Crippen LogP contribution in [0.1, 0.15) is 5.56 Å². The van der Waals surface area contributed by atoms with E-state index in [9.17, 15) is 0 Å². The standard InChI is InChI=1S/C7H5BrISi/c8-6-2-1-3-7(9)5(6)4-10/h1-3H,4H2. The van der Waals surface area contributed by atoms with Gasteiger partial charge in [0.15, 0.2) is 0 Å². The fourth-order valence-electron chi connectivity index (χ4n) is 0.701. The van der Waals surface area contributed by atoms with Crippen molar-refractivity contribution in [2.45, 2.75) is 6.04 Å². The Morgan fingerprint density at radius 2 is 2.20 bits per heavy atom. The molecule has 0 saturated carbocycles. The Morgan fingerprint density at radius 3 is 2.60 bits per heavy atom. The Kier molecular flexibility index (Phi) is 3.39. The highest BCUT2D eigenvalue weighted by Gasteiger charge is 1.99. The molecule has 0 N–H and O–H groups in total. The zero-order valence-corrected chi connectivity index (χ0v) is 9.94. The molecule has 10 heavy (non-hydrogen) atoms. The smallest absolute Gasteiger partial charge is 0.0284 e. The molecule has 0 aliphatic carbocycles. The molecule has 1 aromatic carbocycles. The first-order valence-electron chi connectivity index (χ1n) is 2.83. The van der Waals surface area contributed by atoms with E-state index in [0.29, 0.717) is 0 Å². The summed E-state index contributed by atoms with van der Waals surface area (Å²) < 4.78 is 2.47. The molecule has 0 fully saturated rings. The zero-order chi connectivity index (χ0) is 7.56. The van der Waals surface area contributed by atoms with Gasteiger partial charge in [0.25, 0.3) is 0 Å². The fourth-order valence-corrected chi connectivity index (χ4v) is 3.27. The molecule has 0 amide bonds. The molecular formula is C7H5BrISi. The second kappa shape index (κ2) is 3.87. The van der Waals surface area contributed by atoms with Crippen LogP contribution in [0.25, 0.3) is 0 Å². The topological polar surface area (TPSA) is 0 Å². The lowest BCUT2D eigenvalue weighted by atomic mass is 10.2. The van der Waals surface area contributed by atoms with E-state index in [1.54, 1.807) is 0 Å². The third kappa shape index (κ3) is 1.82. The van der Waals surface area contributed by atoms with Crippen LogP contribution in [0, 0.1) is 3.57 Å². The van der Waals surface area contributed by atoms with Gasteiger partial charge < -0.3 is 0 Å². The van der Waals surface area contributed by atoms with Crippen molar-refractivity contribution < 1.29 is 0 Å². The van der Waals surface area contributed by atoms with Gasteiger partial charge >= 0.3 is 0 Å². The normalized spacial score (nSPS) is 9.90. The lowest BCUT2D eigenvalue weighted by Crippen LogP contribution is -1.89. The molecule has 0 atom stereocenters. The average molecular weight is 324 g/mol. The van der Waals surface area contributed by atoms with E-state index in [-0.39, 0.29) is 0 Å². The van der Waals surface area contributed by atoms with Crippen LogP contribution in [0.4, 0.5) is 0 Å². The van der Waals surface area contributed by atoms with Gasteiger partial charge in [-0.2, -0.15) is 0 Å². The van der Waals surface area contributed by atoms with Gasteiger partial charge in [0.05, 0.1) is 0 Å². The van der Waals surface area contributed by atoms with E-state index in [1.165, 1.54) is 13.6 Å². The van der Waals surface area contributed by atoms with Crippen LogP contribution in [0.3, 0.4) is 0 Å². The Balaban J connectivity index is 3.17. The van der Waals surface area contributed by atoms with Crippen LogP contribution in [-0.2, 0) is 6.04 Å². The molecule has 1 rings (SSSR count). The summed E-state index contributed by atoms with van der Waals surface area (Å²) in [6.07, 6.45) is 0. The largest absolute Gasteiger partial charge is 0.0601 e. The maximum Gasteiger partial charge on any atom is 0.0284 e. The van der Waals surface area contributed by atoms with E-state index in [4.69, 9.17) is 0 Å². The van der Waals surface area contributed by atoms with Crippen molar-refractivity contribution in [2.24, 2.45) is 0 Å². The second-order valence-electron chi connectivity index (χ2n) is 1.88. The summed E-state index contributed by atoms with van der Waals surface area (Å²) in [5.41, 5.74) is 1.32. The molecule has 3 heteroatoms. The zero-order valence-electron chi connectivity index (χ0n) is 5.20. The molecule has 0 heterocycles. The summed E-state index contributed by atoms with van der Waals surface area (Å²) in [6, 6.07) is 7.09. The quantitative estimate of drug-likeness (QED) is 0.550. The molecule has 0 spiro atoms. The molecule has 3 radical (unpaired) electrons. The highest BCUT2D eigenvalue weighted by Crippen LogP contribution is 2.21. The predicted octanol–water partition coefficient (Wildman–Crippen LogP) is 2.72. The van der Waals surface area contributed by atoms with Gasteiger partial charge in [-0.3, -0.25) is 0 Å². The van der Waals surface area contributed by atoms with Crippen LogP contribution >= 0.6 is 38.5 Å². The summed E-state index contributed by atoms with van der Waals surface area (Å²) in [6.45, 7) is 0. The molecule has 0 unspecified atom stereocenters. The van der Waals surface area contributed by atoms with Crippen molar-refractivity contribution in [3.63, 3.8) is 0 Å². The van der Waals surface area contributed by atoms with Gasteiger partial charge in [0.2, 0.25) is 0 Å². The average Bonchev–Trinajstić information content (AvgIpc) is 1.88. The van der Waals surface area contributed by atoms with Crippen molar-refractivity contribution in [3.05, 3.63) is 31.8 Å². The predicted molar refractivity (Wildman–Crippen MR) is 56.3 cm³/mol. The van der Waals surface area contributed by atoms with Gasteiger partial charge in [0.1, 0.15) is 0 Å². The Morgan fingerprint density at radius 1 is 1.50 bits per heavy atom. The van der Waals surface area contributed by atoms with Crippen molar-refractivity contribution in [2.75, 3.05) is 0 Å². The minimum atomic E-state index is 0.902.